The molecule has 0 aliphatic heterocycles. The van der Waals surface area contributed by atoms with Gasteiger partial charge in [-0.25, -0.2) is 4.98 Å². The maximum atomic E-state index is 6.37. The molecule has 1 aliphatic carbocycles. The van der Waals surface area contributed by atoms with E-state index in [2.05, 4.69) is 40.7 Å². The molecule has 100 valence electrons. The predicted molar refractivity (Wildman–Crippen MR) is 76.7 cm³/mol. The molecule has 1 heterocycles. The average molecular weight is 255 g/mol. The zero-order chi connectivity index (χ0) is 13.2. The standard InChI is InChI=1S/C16H21N3/c1-12(14-7-8-14)19-11-18-10-16(19)15(17)9-13-5-3-2-4-6-13/h2-6,10-12,14-15H,7-9,17H2,1H3/t12?,15-/m1/s1. The second-order valence-corrected chi connectivity index (χ2v) is 5.60. The van der Waals surface area contributed by atoms with E-state index in [-0.39, 0.29) is 6.04 Å². The molecule has 2 N–H and O–H groups in total. The van der Waals surface area contributed by atoms with Gasteiger partial charge in [-0.15, -0.1) is 0 Å². The molecule has 0 saturated heterocycles. The molecule has 0 radical (unpaired) electrons. The average Bonchev–Trinajstić information content (AvgIpc) is 3.16. The number of aromatic nitrogens is 2. The number of benzene rings is 1. The van der Waals surface area contributed by atoms with E-state index in [4.69, 9.17) is 5.73 Å². The van der Waals surface area contributed by atoms with Gasteiger partial charge in [0.15, 0.2) is 0 Å². The maximum absolute atomic E-state index is 6.37. The Morgan fingerprint density at radius 3 is 2.74 bits per heavy atom. The lowest BCUT2D eigenvalue weighted by Gasteiger charge is -2.20. The van der Waals surface area contributed by atoms with E-state index in [9.17, 15) is 0 Å². The van der Waals surface area contributed by atoms with Gasteiger partial charge in [-0.1, -0.05) is 30.3 Å². The molecular formula is C16H21N3. The fourth-order valence-corrected chi connectivity index (χ4v) is 2.72. The third-order valence-corrected chi connectivity index (χ3v) is 4.12. The van der Waals surface area contributed by atoms with Gasteiger partial charge in [-0.2, -0.15) is 0 Å². The Bertz CT molecular complexity index is 528. The second-order valence-electron chi connectivity index (χ2n) is 5.60. The topological polar surface area (TPSA) is 43.8 Å². The molecule has 0 bridgehead atoms. The van der Waals surface area contributed by atoms with Crippen LogP contribution in [0.4, 0.5) is 0 Å². The van der Waals surface area contributed by atoms with Crippen molar-refractivity contribution in [3.63, 3.8) is 0 Å². The monoisotopic (exact) mass is 255 g/mol. The zero-order valence-corrected chi connectivity index (χ0v) is 11.4. The number of nitrogens with two attached hydrogens (primary N) is 1. The first kappa shape index (κ1) is 12.4. The molecule has 3 rings (SSSR count). The van der Waals surface area contributed by atoms with Gasteiger partial charge in [0.2, 0.25) is 0 Å². The van der Waals surface area contributed by atoms with Crippen molar-refractivity contribution >= 4 is 0 Å². The summed E-state index contributed by atoms with van der Waals surface area (Å²) in [5.41, 5.74) is 8.81. The molecule has 1 aromatic heterocycles. The predicted octanol–water partition coefficient (Wildman–Crippen LogP) is 3.10. The van der Waals surface area contributed by atoms with Gasteiger partial charge in [0.1, 0.15) is 0 Å². The SMILES string of the molecule is CC(C1CC1)n1cncc1[C@H](N)Cc1ccccc1. The normalized spacial score (nSPS) is 18.2. The quantitative estimate of drug-likeness (QED) is 0.892. The number of imidazole rings is 1. The van der Waals surface area contributed by atoms with E-state index in [1.807, 2.05) is 18.6 Å². The Kier molecular flexibility index (Phi) is 3.38. The lowest BCUT2D eigenvalue weighted by Crippen LogP contribution is -2.20. The van der Waals surface area contributed by atoms with Crippen LogP contribution in [0.5, 0.6) is 0 Å². The van der Waals surface area contributed by atoms with Gasteiger partial charge < -0.3 is 10.3 Å². The fourth-order valence-electron chi connectivity index (χ4n) is 2.72. The van der Waals surface area contributed by atoms with Crippen LogP contribution in [-0.2, 0) is 6.42 Å². The van der Waals surface area contributed by atoms with Crippen molar-refractivity contribution in [1.29, 1.82) is 0 Å². The van der Waals surface area contributed by atoms with Gasteiger partial charge in [-0.05, 0) is 37.7 Å². The highest BCUT2D eigenvalue weighted by Gasteiger charge is 2.30. The van der Waals surface area contributed by atoms with Crippen molar-refractivity contribution in [1.82, 2.24) is 9.55 Å². The minimum Gasteiger partial charge on any atom is -0.330 e. The van der Waals surface area contributed by atoms with Crippen LogP contribution in [0.25, 0.3) is 0 Å². The van der Waals surface area contributed by atoms with Crippen molar-refractivity contribution in [3.8, 4) is 0 Å². The fraction of sp³-hybridized carbons (Fsp3) is 0.438. The van der Waals surface area contributed by atoms with E-state index in [1.54, 1.807) is 0 Å². The van der Waals surface area contributed by atoms with E-state index in [0.717, 1.165) is 18.0 Å². The third kappa shape index (κ3) is 2.71. The molecule has 1 aromatic carbocycles. The van der Waals surface area contributed by atoms with Gasteiger partial charge in [0.25, 0.3) is 0 Å². The highest BCUT2D eigenvalue weighted by Crippen LogP contribution is 2.40. The molecule has 1 aliphatic rings. The summed E-state index contributed by atoms with van der Waals surface area (Å²) < 4.78 is 2.27. The molecule has 1 unspecified atom stereocenters. The van der Waals surface area contributed by atoms with Crippen LogP contribution in [0.3, 0.4) is 0 Å². The molecular weight excluding hydrogens is 234 g/mol. The molecule has 0 spiro atoms. The van der Waals surface area contributed by atoms with E-state index >= 15 is 0 Å². The summed E-state index contributed by atoms with van der Waals surface area (Å²) in [5, 5.41) is 0. The molecule has 2 atom stereocenters. The molecule has 3 nitrogen and oxygen atoms in total. The first-order valence-corrected chi connectivity index (χ1v) is 7.07. The minimum absolute atomic E-state index is 0.0195. The largest absolute Gasteiger partial charge is 0.330 e. The molecule has 0 amide bonds. The van der Waals surface area contributed by atoms with E-state index in [1.165, 1.54) is 18.4 Å². The Balaban J connectivity index is 1.76. The highest BCUT2D eigenvalue weighted by molar-refractivity contribution is 5.19. The lowest BCUT2D eigenvalue weighted by molar-refractivity contribution is 0.456. The first-order valence-electron chi connectivity index (χ1n) is 7.07. The molecule has 3 heteroatoms. The van der Waals surface area contributed by atoms with E-state index < -0.39 is 0 Å². The maximum Gasteiger partial charge on any atom is 0.0951 e. The summed E-state index contributed by atoms with van der Waals surface area (Å²) in [5.74, 6) is 0.817. The van der Waals surface area contributed by atoms with Crippen LogP contribution in [-0.4, -0.2) is 9.55 Å². The first-order chi connectivity index (χ1) is 9.25. The Hall–Kier alpha value is -1.61. The smallest absolute Gasteiger partial charge is 0.0951 e. The van der Waals surface area contributed by atoms with Gasteiger partial charge in [0, 0.05) is 12.2 Å². The van der Waals surface area contributed by atoms with Gasteiger partial charge in [0.05, 0.1) is 18.1 Å². The summed E-state index contributed by atoms with van der Waals surface area (Å²) in [6, 6.07) is 11.0. The van der Waals surface area contributed by atoms with Gasteiger partial charge in [-0.3, -0.25) is 0 Å². The number of hydrogen-bond donors (Lipinski definition) is 1. The second kappa shape index (κ2) is 5.17. The van der Waals surface area contributed by atoms with Crippen LogP contribution >= 0.6 is 0 Å². The van der Waals surface area contributed by atoms with Crippen LogP contribution < -0.4 is 5.73 Å². The van der Waals surface area contributed by atoms with Crippen LogP contribution in [0.2, 0.25) is 0 Å². The molecule has 2 aromatic rings. The molecule has 1 fully saturated rings. The Morgan fingerprint density at radius 2 is 2.05 bits per heavy atom. The Morgan fingerprint density at radius 1 is 1.32 bits per heavy atom. The summed E-state index contributed by atoms with van der Waals surface area (Å²) in [4.78, 5) is 4.30. The van der Waals surface area contributed by atoms with Gasteiger partial charge >= 0.3 is 0 Å². The van der Waals surface area contributed by atoms with E-state index in [0.29, 0.717) is 6.04 Å². The summed E-state index contributed by atoms with van der Waals surface area (Å²) in [6.07, 6.45) is 7.40. The summed E-state index contributed by atoms with van der Waals surface area (Å²) in [6.45, 7) is 2.28. The molecule has 1 saturated carbocycles. The van der Waals surface area contributed by atoms with Crippen molar-refractivity contribution in [2.24, 2.45) is 11.7 Å². The summed E-state index contributed by atoms with van der Waals surface area (Å²) in [7, 11) is 0. The molecule has 19 heavy (non-hydrogen) atoms. The Labute approximate surface area is 114 Å². The highest BCUT2D eigenvalue weighted by atomic mass is 15.1. The third-order valence-electron chi connectivity index (χ3n) is 4.12. The van der Waals surface area contributed by atoms with Crippen molar-refractivity contribution < 1.29 is 0 Å². The van der Waals surface area contributed by atoms with Crippen LogP contribution in [0, 0.1) is 5.92 Å². The number of rotatable bonds is 5. The summed E-state index contributed by atoms with van der Waals surface area (Å²) >= 11 is 0. The van der Waals surface area contributed by atoms with Crippen molar-refractivity contribution in [2.75, 3.05) is 0 Å². The van der Waals surface area contributed by atoms with Crippen molar-refractivity contribution in [2.45, 2.75) is 38.3 Å². The lowest BCUT2D eigenvalue weighted by atomic mass is 10.0. The number of nitrogens with zero attached hydrogens (tertiary/aromatic N) is 2. The van der Waals surface area contributed by atoms with Crippen LogP contribution in [0.15, 0.2) is 42.9 Å². The zero-order valence-electron chi connectivity index (χ0n) is 11.4. The minimum atomic E-state index is 0.0195. The number of hydrogen-bond acceptors (Lipinski definition) is 2. The van der Waals surface area contributed by atoms with Crippen LogP contribution in [0.1, 0.15) is 43.1 Å². The van der Waals surface area contributed by atoms with Crippen molar-refractivity contribution in [3.05, 3.63) is 54.1 Å².